The van der Waals surface area contributed by atoms with Gasteiger partial charge in [0.25, 0.3) is 0 Å². The van der Waals surface area contributed by atoms with Crippen LogP contribution >= 0.6 is 0 Å². The third-order valence-electron chi connectivity index (χ3n) is 0.692. The average Bonchev–Trinajstić information content (AvgIpc) is 1.77. The lowest BCUT2D eigenvalue weighted by Crippen LogP contribution is -1.80. The van der Waals surface area contributed by atoms with Crippen LogP contribution in [0.2, 0.25) is 0 Å². The van der Waals surface area contributed by atoms with Gasteiger partial charge in [-0.25, -0.2) is 4.98 Å². The standard InChI is InChI=1S/C5H5N2O/c1-4-2-7-5(8)3-6-4/h2-3H,1H2,(H,7,8). The van der Waals surface area contributed by atoms with Gasteiger partial charge in [0, 0.05) is 0 Å². The van der Waals surface area contributed by atoms with Gasteiger partial charge in [0.05, 0.1) is 18.1 Å². The summed E-state index contributed by atoms with van der Waals surface area (Å²) < 4.78 is 0. The number of nitrogens with zero attached hydrogens (tertiary/aromatic N) is 2. The zero-order valence-electron chi connectivity index (χ0n) is 4.20. The van der Waals surface area contributed by atoms with Gasteiger partial charge in [-0.15, -0.1) is 0 Å². The molecule has 0 fully saturated rings. The maximum Gasteiger partial charge on any atom is 0.229 e. The summed E-state index contributed by atoms with van der Waals surface area (Å²) in [6.45, 7) is 3.48. The van der Waals surface area contributed by atoms with Crippen molar-refractivity contribution < 1.29 is 5.11 Å². The molecule has 1 aromatic rings. The van der Waals surface area contributed by atoms with E-state index in [1.54, 1.807) is 0 Å². The fourth-order valence-electron chi connectivity index (χ4n) is 0.348. The SMILES string of the molecule is [CH2]c1cnc(O)cn1. The summed E-state index contributed by atoms with van der Waals surface area (Å²) >= 11 is 0. The summed E-state index contributed by atoms with van der Waals surface area (Å²) in [5.74, 6) is -0.0719. The topological polar surface area (TPSA) is 46.0 Å². The lowest BCUT2D eigenvalue weighted by molar-refractivity contribution is 0.450. The molecular weight excluding hydrogens is 104 g/mol. The van der Waals surface area contributed by atoms with Gasteiger partial charge in [-0.2, -0.15) is 0 Å². The Hall–Kier alpha value is -1.12. The van der Waals surface area contributed by atoms with E-state index < -0.39 is 0 Å². The second kappa shape index (κ2) is 1.78. The zero-order valence-corrected chi connectivity index (χ0v) is 4.20. The van der Waals surface area contributed by atoms with Gasteiger partial charge in [0.15, 0.2) is 0 Å². The molecule has 0 aliphatic carbocycles. The van der Waals surface area contributed by atoms with Gasteiger partial charge in [-0.3, -0.25) is 4.98 Å². The molecule has 0 amide bonds. The van der Waals surface area contributed by atoms with Crippen LogP contribution in [0.3, 0.4) is 0 Å². The summed E-state index contributed by atoms with van der Waals surface area (Å²) in [6.07, 6.45) is 2.65. The van der Waals surface area contributed by atoms with Crippen molar-refractivity contribution in [2.75, 3.05) is 0 Å². The smallest absolute Gasteiger partial charge is 0.229 e. The normalized spacial score (nSPS) is 9.12. The van der Waals surface area contributed by atoms with Crippen molar-refractivity contribution in [2.24, 2.45) is 0 Å². The second-order valence-electron chi connectivity index (χ2n) is 1.37. The van der Waals surface area contributed by atoms with Crippen LogP contribution in [0.1, 0.15) is 5.69 Å². The molecule has 1 aromatic heterocycles. The summed E-state index contributed by atoms with van der Waals surface area (Å²) in [4.78, 5) is 7.16. The number of aromatic nitrogens is 2. The number of hydrogen-bond acceptors (Lipinski definition) is 3. The van der Waals surface area contributed by atoms with Crippen LogP contribution < -0.4 is 0 Å². The van der Waals surface area contributed by atoms with Crippen LogP contribution in [-0.2, 0) is 0 Å². The highest BCUT2D eigenvalue weighted by Crippen LogP contribution is 1.97. The number of rotatable bonds is 0. The molecule has 0 aliphatic rings. The lowest BCUT2D eigenvalue weighted by Gasteiger charge is -1.87. The molecule has 0 saturated heterocycles. The highest BCUT2D eigenvalue weighted by molar-refractivity contribution is 5.06. The third kappa shape index (κ3) is 0.932. The van der Waals surface area contributed by atoms with Crippen molar-refractivity contribution in [3.8, 4) is 5.88 Å². The van der Waals surface area contributed by atoms with Crippen LogP contribution in [-0.4, -0.2) is 15.1 Å². The predicted molar refractivity (Wildman–Crippen MR) is 28.2 cm³/mol. The largest absolute Gasteiger partial charge is 0.492 e. The Kier molecular flexibility index (Phi) is 1.12. The summed E-state index contributed by atoms with van der Waals surface area (Å²) in [5, 5.41) is 8.56. The summed E-state index contributed by atoms with van der Waals surface area (Å²) in [5.41, 5.74) is 0.558. The van der Waals surface area contributed by atoms with E-state index in [1.165, 1.54) is 12.4 Å². The first kappa shape index (κ1) is 5.03. The minimum absolute atomic E-state index is 0.0719. The molecule has 1 radical (unpaired) electrons. The Labute approximate surface area is 47.0 Å². The summed E-state index contributed by atoms with van der Waals surface area (Å²) in [7, 11) is 0. The molecule has 3 nitrogen and oxygen atoms in total. The molecule has 8 heavy (non-hydrogen) atoms. The molecule has 1 rings (SSSR count). The van der Waals surface area contributed by atoms with Gasteiger partial charge < -0.3 is 5.11 Å². The van der Waals surface area contributed by atoms with Crippen LogP contribution in [0.5, 0.6) is 5.88 Å². The second-order valence-corrected chi connectivity index (χ2v) is 1.37. The molecule has 0 saturated carbocycles. The van der Waals surface area contributed by atoms with Crippen molar-refractivity contribution in [3.63, 3.8) is 0 Å². The summed E-state index contributed by atoms with van der Waals surface area (Å²) in [6, 6.07) is 0. The molecule has 0 aliphatic heterocycles. The molecule has 0 bridgehead atoms. The van der Waals surface area contributed by atoms with Crippen LogP contribution in [0.25, 0.3) is 0 Å². The van der Waals surface area contributed by atoms with Crippen molar-refractivity contribution in [2.45, 2.75) is 0 Å². The molecule has 0 atom stereocenters. The molecule has 1 N–H and O–H groups in total. The van der Waals surface area contributed by atoms with Gasteiger partial charge in [-0.1, -0.05) is 0 Å². The fraction of sp³-hybridized carbons (Fsp3) is 0. The minimum Gasteiger partial charge on any atom is -0.492 e. The Morgan fingerprint density at radius 3 is 2.50 bits per heavy atom. The first-order chi connectivity index (χ1) is 3.79. The van der Waals surface area contributed by atoms with Crippen LogP contribution in [0, 0.1) is 6.92 Å². The Morgan fingerprint density at radius 1 is 1.38 bits per heavy atom. The van der Waals surface area contributed by atoms with E-state index in [-0.39, 0.29) is 5.88 Å². The highest BCUT2D eigenvalue weighted by Gasteiger charge is 1.85. The molecule has 0 unspecified atom stereocenters. The first-order valence-electron chi connectivity index (χ1n) is 2.12. The Morgan fingerprint density at radius 2 is 2.12 bits per heavy atom. The van der Waals surface area contributed by atoms with E-state index in [4.69, 9.17) is 5.11 Å². The first-order valence-corrected chi connectivity index (χ1v) is 2.12. The Bertz CT molecular complexity index is 149. The van der Waals surface area contributed by atoms with Gasteiger partial charge in [0.2, 0.25) is 5.88 Å². The fourth-order valence-corrected chi connectivity index (χ4v) is 0.348. The number of aromatic hydroxyl groups is 1. The van der Waals surface area contributed by atoms with E-state index in [9.17, 15) is 0 Å². The van der Waals surface area contributed by atoms with Crippen molar-refractivity contribution >= 4 is 0 Å². The van der Waals surface area contributed by atoms with Crippen LogP contribution in [0.15, 0.2) is 12.4 Å². The van der Waals surface area contributed by atoms with E-state index in [2.05, 4.69) is 16.9 Å². The molecular formula is C5H5N2O. The highest BCUT2D eigenvalue weighted by atomic mass is 16.3. The maximum absolute atomic E-state index is 8.56. The molecule has 0 spiro atoms. The van der Waals surface area contributed by atoms with E-state index >= 15 is 0 Å². The molecule has 41 valence electrons. The number of hydrogen-bond donors (Lipinski definition) is 1. The van der Waals surface area contributed by atoms with Crippen molar-refractivity contribution in [1.82, 2.24) is 9.97 Å². The third-order valence-corrected chi connectivity index (χ3v) is 0.692. The zero-order chi connectivity index (χ0) is 5.98. The molecule has 1 heterocycles. The quantitative estimate of drug-likeness (QED) is 0.523. The van der Waals surface area contributed by atoms with Crippen molar-refractivity contribution in [3.05, 3.63) is 25.0 Å². The monoisotopic (exact) mass is 109 g/mol. The molecule has 0 aromatic carbocycles. The lowest BCUT2D eigenvalue weighted by atomic mass is 10.5. The average molecular weight is 109 g/mol. The van der Waals surface area contributed by atoms with Crippen molar-refractivity contribution in [1.29, 1.82) is 0 Å². The van der Waals surface area contributed by atoms with Gasteiger partial charge in [0.1, 0.15) is 0 Å². The molecule has 3 heteroatoms. The van der Waals surface area contributed by atoms with E-state index in [0.29, 0.717) is 5.69 Å². The van der Waals surface area contributed by atoms with Gasteiger partial charge in [-0.05, 0) is 6.92 Å². The Balaban J connectivity index is 3.03. The van der Waals surface area contributed by atoms with Gasteiger partial charge >= 0.3 is 0 Å². The van der Waals surface area contributed by atoms with E-state index in [1.807, 2.05) is 0 Å². The van der Waals surface area contributed by atoms with E-state index in [0.717, 1.165) is 0 Å². The predicted octanol–water partition coefficient (Wildman–Crippen LogP) is 0.364. The maximum atomic E-state index is 8.56. The minimum atomic E-state index is -0.0719. The van der Waals surface area contributed by atoms with Crippen LogP contribution in [0.4, 0.5) is 0 Å².